The summed E-state index contributed by atoms with van der Waals surface area (Å²) in [6.07, 6.45) is 0. The molecule has 3 rings (SSSR count). The summed E-state index contributed by atoms with van der Waals surface area (Å²) >= 11 is 0. The minimum absolute atomic E-state index is 0.121. The second kappa shape index (κ2) is 12.0. The quantitative estimate of drug-likeness (QED) is 0.278. The molecule has 0 spiro atoms. The number of carbonyl (C=O) groups is 2. The molecule has 0 radical (unpaired) electrons. The van der Waals surface area contributed by atoms with Gasteiger partial charge < -0.3 is 43.0 Å². The van der Waals surface area contributed by atoms with Gasteiger partial charge in [0.1, 0.15) is 17.9 Å². The average molecular weight is 516 g/mol. The van der Waals surface area contributed by atoms with Crippen LogP contribution in [0, 0.1) is 0 Å². The van der Waals surface area contributed by atoms with Gasteiger partial charge in [-0.3, -0.25) is 0 Å². The zero-order chi connectivity index (χ0) is 27.1. The van der Waals surface area contributed by atoms with Crippen LogP contribution in [0.2, 0.25) is 0 Å². The van der Waals surface area contributed by atoms with Gasteiger partial charge in [-0.1, -0.05) is 6.07 Å². The lowest BCUT2D eigenvalue weighted by molar-refractivity contribution is 0.0438. The molecule has 0 saturated heterocycles. The highest BCUT2D eigenvalue weighted by molar-refractivity contribution is 6.12. The molecule has 0 saturated carbocycles. The third-order valence-corrected chi connectivity index (χ3v) is 5.47. The highest BCUT2D eigenvalue weighted by Gasteiger charge is 2.29. The molecule has 0 aliphatic heterocycles. The molecule has 3 aromatic rings. The van der Waals surface area contributed by atoms with E-state index in [2.05, 4.69) is 0 Å². The van der Waals surface area contributed by atoms with Crippen LogP contribution in [0.25, 0.3) is 10.8 Å². The highest BCUT2D eigenvalue weighted by atomic mass is 16.7. The molecule has 0 aromatic heterocycles. The second-order valence-corrected chi connectivity index (χ2v) is 7.49. The number of carboxylic acids is 1. The molecule has 0 amide bonds. The maximum Gasteiger partial charge on any atom is 0.340 e. The van der Waals surface area contributed by atoms with Crippen molar-refractivity contribution in [1.29, 1.82) is 0 Å². The molecule has 1 N–H and O–H groups in total. The third-order valence-electron chi connectivity index (χ3n) is 5.47. The van der Waals surface area contributed by atoms with E-state index in [0.29, 0.717) is 27.8 Å². The van der Waals surface area contributed by atoms with Crippen LogP contribution in [-0.2, 0) is 16.1 Å². The molecule has 0 bridgehead atoms. The summed E-state index contributed by atoms with van der Waals surface area (Å²) in [5.74, 6) is -0.718. The van der Waals surface area contributed by atoms with Gasteiger partial charge in [0.05, 0.1) is 41.1 Å². The first-order valence-electron chi connectivity index (χ1n) is 10.9. The van der Waals surface area contributed by atoms with Crippen molar-refractivity contribution in [3.63, 3.8) is 0 Å². The summed E-state index contributed by atoms with van der Waals surface area (Å²) in [6.45, 7) is -0.441. The number of fused-ring (bicyclic) bond motifs is 1. The van der Waals surface area contributed by atoms with Crippen LogP contribution in [0.5, 0.6) is 34.5 Å². The summed E-state index contributed by atoms with van der Waals surface area (Å²) in [5.41, 5.74) is -0.0586. The molecule has 0 fully saturated rings. The van der Waals surface area contributed by atoms with Gasteiger partial charge in [0, 0.05) is 17.9 Å². The van der Waals surface area contributed by atoms with Crippen LogP contribution < -0.4 is 28.4 Å². The van der Waals surface area contributed by atoms with Crippen molar-refractivity contribution in [1.82, 2.24) is 0 Å². The number of ether oxygens (including phenoxy) is 8. The molecular weight excluding hydrogens is 488 g/mol. The van der Waals surface area contributed by atoms with E-state index < -0.39 is 17.5 Å². The Kier molecular flexibility index (Phi) is 8.86. The predicted octanol–water partition coefficient (Wildman–Crippen LogP) is 3.92. The standard InChI is InChI=1S/C26H28O11/c1-30-13-37-22-16-11-20(33-4)24(35-6)23(34-5)15(16)10-17(21(22)25(27)28)26(29)36-12-14-7-8-18(31-2)19(9-14)32-3/h7-11H,12-13H2,1-6H3,(H,27,28). The molecule has 11 heteroatoms. The van der Waals surface area contributed by atoms with Crippen LogP contribution in [0.15, 0.2) is 30.3 Å². The third kappa shape index (κ3) is 5.41. The molecule has 0 aliphatic carbocycles. The number of aromatic carboxylic acids is 1. The van der Waals surface area contributed by atoms with Crippen molar-refractivity contribution >= 4 is 22.7 Å². The SMILES string of the molecule is COCOc1c(C(=O)O)c(C(=O)OCc2ccc(OC)c(OC)c2)cc2c(OC)c(OC)c(OC)cc12. The predicted molar refractivity (Wildman–Crippen MR) is 132 cm³/mol. The number of benzene rings is 3. The minimum atomic E-state index is -1.40. The van der Waals surface area contributed by atoms with E-state index in [1.807, 2.05) is 0 Å². The summed E-state index contributed by atoms with van der Waals surface area (Å²) in [7, 11) is 8.64. The van der Waals surface area contributed by atoms with Crippen molar-refractivity contribution in [3.8, 4) is 34.5 Å². The van der Waals surface area contributed by atoms with Crippen molar-refractivity contribution in [2.45, 2.75) is 6.61 Å². The first-order chi connectivity index (χ1) is 17.8. The van der Waals surface area contributed by atoms with Crippen molar-refractivity contribution in [2.24, 2.45) is 0 Å². The Morgan fingerprint density at radius 2 is 1.38 bits per heavy atom. The van der Waals surface area contributed by atoms with E-state index in [-0.39, 0.29) is 42.0 Å². The molecule has 0 heterocycles. The van der Waals surface area contributed by atoms with Crippen molar-refractivity contribution in [2.75, 3.05) is 49.5 Å². The molecule has 198 valence electrons. The fraction of sp³-hybridized carbons (Fsp3) is 0.308. The van der Waals surface area contributed by atoms with E-state index in [9.17, 15) is 14.7 Å². The Hall–Kier alpha value is -4.38. The molecule has 0 unspecified atom stereocenters. The van der Waals surface area contributed by atoms with Gasteiger partial charge in [0.2, 0.25) is 5.75 Å². The van der Waals surface area contributed by atoms with E-state index in [4.69, 9.17) is 37.9 Å². The molecule has 0 atom stereocenters. The fourth-order valence-electron chi connectivity index (χ4n) is 3.82. The van der Waals surface area contributed by atoms with E-state index in [1.165, 1.54) is 54.8 Å². The van der Waals surface area contributed by atoms with Gasteiger partial charge in [-0.25, -0.2) is 9.59 Å². The zero-order valence-corrected chi connectivity index (χ0v) is 21.3. The topological polar surface area (TPSA) is 128 Å². The maximum atomic E-state index is 13.2. The van der Waals surface area contributed by atoms with Gasteiger partial charge in [-0.15, -0.1) is 0 Å². The summed E-state index contributed by atoms with van der Waals surface area (Å²) < 4.78 is 43.0. The number of methoxy groups -OCH3 is 6. The minimum Gasteiger partial charge on any atom is -0.493 e. The number of rotatable bonds is 12. The number of carbonyl (C=O) groups excluding carboxylic acids is 1. The summed E-state index contributed by atoms with van der Waals surface area (Å²) in [6, 6.07) is 7.91. The van der Waals surface area contributed by atoms with Gasteiger partial charge in [0.25, 0.3) is 0 Å². The van der Waals surface area contributed by atoms with Crippen molar-refractivity contribution < 1.29 is 52.6 Å². The van der Waals surface area contributed by atoms with Crippen LogP contribution in [-0.4, -0.2) is 66.5 Å². The lowest BCUT2D eigenvalue weighted by atomic mass is 9.97. The van der Waals surface area contributed by atoms with Crippen LogP contribution in [0.4, 0.5) is 0 Å². The van der Waals surface area contributed by atoms with Gasteiger partial charge >= 0.3 is 11.9 Å². The monoisotopic (exact) mass is 516 g/mol. The van der Waals surface area contributed by atoms with Crippen molar-refractivity contribution in [3.05, 3.63) is 47.0 Å². The number of carboxylic acid groups (broad SMARTS) is 1. The normalized spacial score (nSPS) is 10.5. The Bertz CT molecular complexity index is 1300. The Morgan fingerprint density at radius 1 is 0.730 bits per heavy atom. The lowest BCUT2D eigenvalue weighted by Gasteiger charge is -2.19. The maximum absolute atomic E-state index is 13.2. The van der Waals surface area contributed by atoms with Gasteiger partial charge in [0.15, 0.2) is 29.8 Å². The first kappa shape index (κ1) is 27.2. The Morgan fingerprint density at radius 3 is 1.95 bits per heavy atom. The summed E-state index contributed by atoms with van der Waals surface area (Å²) in [5, 5.41) is 10.7. The Labute approximate surface area is 213 Å². The average Bonchev–Trinajstić information content (AvgIpc) is 2.92. The van der Waals surface area contributed by atoms with Gasteiger partial charge in [-0.2, -0.15) is 0 Å². The number of esters is 1. The number of hydrogen-bond donors (Lipinski definition) is 1. The fourth-order valence-corrected chi connectivity index (χ4v) is 3.82. The molecule has 11 nitrogen and oxygen atoms in total. The smallest absolute Gasteiger partial charge is 0.340 e. The molecule has 3 aromatic carbocycles. The van der Waals surface area contributed by atoms with E-state index in [1.54, 1.807) is 18.2 Å². The second-order valence-electron chi connectivity index (χ2n) is 7.49. The van der Waals surface area contributed by atoms with E-state index >= 15 is 0 Å². The van der Waals surface area contributed by atoms with Crippen LogP contribution in [0.1, 0.15) is 26.3 Å². The highest BCUT2D eigenvalue weighted by Crippen LogP contribution is 2.47. The van der Waals surface area contributed by atoms with Gasteiger partial charge in [-0.05, 0) is 29.8 Å². The molecule has 37 heavy (non-hydrogen) atoms. The first-order valence-corrected chi connectivity index (χ1v) is 10.9. The lowest BCUT2D eigenvalue weighted by Crippen LogP contribution is -2.15. The molecular formula is C26H28O11. The zero-order valence-electron chi connectivity index (χ0n) is 21.3. The Balaban J connectivity index is 2.17. The molecule has 0 aliphatic rings. The van der Waals surface area contributed by atoms with Crippen LogP contribution >= 0.6 is 0 Å². The van der Waals surface area contributed by atoms with Crippen LogP contribution in [0.3, 0.4) is 0 Å². The van der Waals surface area contributed by atoms with E-state index in [0.717, 1.165) is 0 Å². The summed E-state index contributed by atoms with van der Waals surface area (Å²) in [4.78, 5) is 25.6. The number of hydrogen-bond acceptors (Lipinski definition) is 10. The largest absolute Gasteiger partial charge is 0.493 e.